The number of urea groups is 1. The number of anilines is 1. The molecule has 0 spiro atoms. The molecule has 0 aliphatic carbocycles. The molecule has 0 radical (unpaired) electrons. The maximum atomic E-state index is 12.8. The number of nitrogens with zero attached hydrogens (tertiary/aromatic N) is 2. The summed E-state index contributed by atoms with van der Waals surface area (Å²) in [6.07, 6.45) is -2.49. The van der Waals surface area contributed by atoms with Gasteiger partial charge in [-0.2, -0.15) is 13.2 Å². The number of hydrogen-bond acceptors (Lipinski definition) is 4. The van der Waals surface area contributed by atoms with Gasteiger partial charge in [-0.15, -0.1) is 0 Å². The average Bonchev–Trinajstić information content (AvgIpc) is 2.56. The molecule has 134 valence electrons. The van der Waals surface area contributed by atoms with Gasteiger partial charge in [0.25, 0.3) is 0 Å². The zero-order valence-electron chi connectivity index (χ0n) is 13.3. The minimum absolute atomic E-state index is 0.0579. The van der Waals surface area contributed by atoms with E-state index in [4.69, 9.17) is 9.47 Å². The quantitative estimate of drug-likeness (QED) is 0.832. The molecule has 1 saturated heterocycles. The average molecular weight is 347 g/mol. The van der Waals surface area contributed by atoms with Crippen molar-refractivity contribution in [3.63, 3.8) is 0 Å². The number of alkyl halides is 3. The Morgan fingerprint density at radius 2 is 2.21 bits per heavy atom. The van der Waals surface area contributed by atoms with E-state index in [1.807, 2.05) is 0 Å². The summed E-state index contributed by atoms with van der Waals surface area (Å²) in [5.41, 5.74) is 0.397. The van der Waals surface area contributed by atoms with Crippen molar-refractivity contribution in [2.45, 2.75) is 19.0 Å². The number of rotatable bonds is 5. The molecule has 0 bridgehead atoms. The Labute approximate surface area is 137 Å². The summed E-state index contributed by atoms with van der Waals surface area (Å²) >= 11 is 0. The molecule has 2 rings (SSSR count). The molecule has 1 aromatic rings. The number of methoxy groups -OCH3 is 1. The van der Waals surface area contributed by atoms with Crippen molar-refractivity contribution in [2.24, 2.45) is 5.92 Å². The lowest BCUT2D eigenvalue weighted by Gasteiger charge is -2.33. The van der Waals surface area contributed by atoms with Crippen molar-refractivity contribution in [3.05, 3.63) is 18.3 Å². The third-order valence-electron chi connectivity index (χ3n) is 3.70. The molecule has 2 heterocycles. The third-order valence-corrected chi connectivity index (χ3v) is 3.70. The molecule has 1 aliphatic heterocycles. The van der Waals surface area contributed by atoms with E-state index in [0.717, 1.165) is 0 Å². The maximum Gasteiger partial charge on any atom is 0.393 e. The number of amides is 2. The molecular formula is C15H20F3N3O3. The van der Waals surface area contributed by atoms with Gasteiger partial charge in [0, 0.05) is 26.3 Å². The van der Waals surface area contributed by atoms with E-state index in [9.17, 15) is 18.0 Å². The fourth-order valence-corrected chi connectivity index (χ4v) is 2.40. The predicted octanol–water partition coefficient (Wildman–Crippen LogP) is 2.91. The van der Waals surface area contributed by atoms with Crippen LogP contribution in [-0.2, 0) is 4.74 Å². The molecule has 0 unspecified atom stereocenters. The summed E-state index contributed by atoms with van der Waals surface area (Å²) in [5.74, 6) is -1.09. The van der Waals surface area contributed by atoms with Crippen LogP contribution in [0.3, 0.4) is 0 Å². The zero-order chi connectivity index (χ0) is 17.6. The first kappa shape index (κ1) is 18.3. The van der Waals surface area contributed by atoms with Gasteiger partial charge in [0.15, 0.2) is 0 Å². The smallest absolute Gasteiger partial charge is 0.393 e. The van der Waals surface area contributed by atoms with Crippen LogP contribution in [0.2, 0.25) is 0 Å². The van der Waals surface area contributed by atoms with Gasteiger partial charge < -0.3 is 19.7 Å². The Morgan fingerprint density at radius 1 is 1.42 bits per heavy atom. The summed E-state index contributed by atoms with van der Waals surface area (Å²) in [7, 11) is 1.55. The number of carbonyl (C=O) groups excluding carboxylic acids is 1. The summed E-state index contributed by atoms with van der Waals surface area (Å²) in [4.78, 5) is 17.3. The van der Waals surface area contributed by atoms with Crippen LogP contribution < -0.4 is 10.1 Å². The number of aromatic nitrogens is 1. The second kappa shape index (κ2) is 8.18. The van der Waals surface area contributed by atoms with E-state index in [-0.39, 0.29) is 13.0 Å². The van der Waals surface area contributed by atoms with Gasteiger partial charge >= 0.3 is 12.2 Å². The van der Waals surface area contributed by atoms with Crippen LogP contribution in [0.5, 0.6) is 5.88 Å². The largest absolute Gasteiger partial charge is 0.475 e. The molecule has 1 aromatic heterocycles. The molecule has 1 atom stereocenters. The maximum absolute atomic E-state index is 12.8. The molecule has 1 aliphatic rings. The van der Waals surface area contributed by atoms with Crippen molar-refractivity contribution in [1.82, 2.24) is 9.88 Å². The highest BCUT2D eigenvalue weighted by Crippen LogP contribution is 2.33. The normalized spacial score (nSPS) is 18.3. The van der Waals surface area contributed by atoms with Crippen molar-refractivity contribution in [1.29, 1.82) is 0 Å². The standard InChI is InChI=1S/C15H20F3N3O3/c1-23-7-8-24-13-5-4-12(9-19-13)20-14(22)21-6-2-3-11(10-21)15(16,17)18/h4-5,9,11H,2-3,6-8,10H2,1H3,(H,20,22)/t11-/m1/s1. The summed E-state index contributed by atoms with van der Waals surface area (Å²) in [6.45, 7) is 0.766. The van der Waals surface area contributed by atoms with E-state index >= 15 is 0 Å². The molecular weight excluding hydrogens is 327 g/mol. The Hall–Kier alpha value is -2.03. The van der Waals surface area contributed by atoms with Crippen LogP contribution in [0.1, 0.15) is 12.8 Å². The van der Waals surface area contributed by atoms with E-state index in [1.165, 1.54) is 11.1 Å². The monoisotopic (exact) mass is 347 g/mol. The van der Waals surface area contributed by atoms with Gasteiger partial charge in [-0.3, -0.25) is 0 Å². The zero-order valence-corrected chi connectivity index (χ0v) is 13.3. The molecule has 9 heteroatoms. The molecule has 2 amide bonds. The van der Waals surface area contributed by atoms with Crippen LogP contribution in [-0.4, -0.2) is 55.5 Å². The van der Waals surface area contributed by atoms with Crippen LogP contribution in [0.15, 0.2) is 18.3 Å². The lowest BCUT2D eigenvalue weighted by molar-refractivity contribution is -0.183. The highest BCUT2D eigenvalue weighted by molar-refractivity contribution is 5.89. The second-order valence-electron chi connectivity index (χ2n) is 5.48. The van der Waals surface area contributed by atoms with Crippen molar-refractivity contribution >= 4 is 11.7 Å². The fourth-order valence-electron chi connectivity index (χ4n) is 2.40. The lowest BCUT2D eigenvalue weighted by atomic mass is 9.98. The fraction of sp³-hybridized carbons (Fsp3) is 0.600. The Bertz CT molecular complexity index is 537. The number of nitrogens with one attached hydrogen (secondary N) is 1. The van der Waals surface area contributed by atoms with Gasteiger partial charge in [0.05, 0.1) is 24.4 Å². The summed E-state index contributed by atoms with van der Waals surface area (Å²) in [6, 6.07) is 2.59. The molecule has 6 nitrogen and oxygen atoms in total. The highest BCUT2D eigenvalue weighted by atomic mass is 19.4. The Kier molecular flexibility index (Phi) is 6.24. The Balaban J connectivity index is 1.87. The first-order chi connectivity index (χ1) is 11.4. The van der Waals surface area contributed by atoms with Crippen molar-refractivity contribution in [3.8, 4) is 5.88 Å². The summed E-state index contributed by atoms with van der Waals surface area (Å²) < 4.78 is 48.5. The van der Waals surface area contributed by atoms with E-state index in [2.05, 4.69) is 10.3 Å². The predicted molar refractivity (Wildman–Crippen MR) is 81.0 cm³/mol. The van der Waals surface area contributed by atoms with E-state index in [1.54, 1.807) is 19.2 Å². The molecule has 1 N–H and O–H groups in total. The van der Waals surface area contributed by atoms with Gasteiger partial charge in [-0.25, -0.2) is 9.78 Å². The lowest BCUT2D eigenvalue weighted by Crippen LogP contribution is -2.46. The third kappa shape index (κ3) is 5.26. The number of ether oxygens (including phenoxy) is 2. The molecule has 24 heavy (non-hydrogen) atoms. The first-order valence-corrected chi connectivity index (χ1v) is 7.60. The van der Waals surface area contributed by atoms with Gasteiger partial charge in [-0.05, 0) is 18.9 Å². The number of halogens is 3. The van der Waals surface area contributed by atoms with Crippen LogP contribution >= 0.6 is 0 Å². The van der Waals surface area contributed by atoms with Gasteiger partial charge in [0.2, 0.25) is 5.88 Å². The van der Waals surface area contributed by atoms with Crippen LogP contribution in [0.4, 0.5) is 23.7 Å². The summed E-state index contributed by atoms with van der Waals surface area (Å²) in [5, 5.41) is 2.56. The first-order valence-electron chi connectivity index (χ1n) is 7.60. The number of piperidine rings is 1. The number of likely N-dealkylation sites (tertiary alicyclic amines) is 1. The minimum Gasteiger partial charge on any atom is -0.475 e. The van der Waals surface area contributed by atoms with Gasteiger partial charge in [-0.1, -0.05) is 0 Å². The molecule has 0 saturated carbocycles. The Morgan fingerprint density at radius 3 is 2.83 bits per heavy atom. The van der Waals surface area contributed by atoms with Crippen molar-refractivity contribution < 1.29 is 27.4 Å². The second-order valence-corrected chi connectivity index (χ2v) is 5.48. The number of pyridine rings is 1. The molecule has 0 aromatic carbocycles. The number of hydrogen-bond donors (Lipinski definition) is 1. The van der Waals surface area contributed by atoms with E-state index < -0.39 is 18.1 Å². The van der Waals surface area contributed by atoms with E-state index in [0.29, 0.717) is 37.7 Å². The van der Waals surface area contributed by atoms with Crippen molar-refractivity contribution in [2.75, 3.05) is 38.7 Å². The van der Waals surface area contributed by atoms with Gasteiger partial charge in [0.1, 0.15) is 6.61 Å². The highest BCUT2D eigenvalue weighted by Gasteiger charge is 2.42. The minimum atomic E-state index is -4.28. The number of carbonyl (C=O) groups is 1. The molecule has 1 fully saturated rings. The van der Waals surface area contributed by atoms with Crippen LogP contribution in [0, 0.1) is 5.92 Å². The topological polar surface area (TPSA) is 63.7 Å². The SMILES string of the molecule is COCCOc1ccc(NC(=O)N2CCC[C@@H](C(F)(F)F)C2)cn1. The van der Waals surface area contributed by atoms with Crippen LogP contribution in [0.25, 0.3) is 0 Å².